The standard InChI is InChI=1S/C33H46F2O2/c1-36-22-32(23-37-2)28-16-14-27(15-17-28)30-19-18-29-20-26(12-13-31(29)21-30)11-10-25-8-6-24(7-9-25)4-3-5-33(34)35/h5,12-13,18-21,24-25,27-28,32H,3-4,6-11,14-17,22-23H2,1-2H3. The number of methoxy groups -OCH3 is 2. The molecule has 0 atom stereocenters. The van der Waals surface area contributed by atoms with Crippen LogP contribution in [-0.4, -0.2) is 27.4 Å². The van der Waals surface area contributed by atoms with Crippen LogP contribution in [0, 0.1) is 23.7 Å². The van der Waals surface area contributed by atoms with E-state index in [2.05, 4.69) is 36.4 Å². The fourth-order valence-electron chi connectivity index (χ4n) is 7.00. The first-order valence-electron chi connectivity index (χ1n) is 14.6. The van der Waals surface area contributed by atoms with Gasteiger partial charge in [0.05, 0.1) is 13.2 Å². The summed E-state index contributed by atoms with van der Waals surface area (Å²) in [5.74, 6) is 3.29. The van der Waals surface area contributed by atoms with E-state index in [-0.39, 0.29) is 0 Å². The maximum absolute atomic E-state index is 12.2. The Balaban J connectivity index is 1.25. The molecule has 204 valence electrons. The largest absolute Gasteiger partial charge is 0.384 e. The molecule has 2 aliphatic carbocycles. The Kier molecular flexibility index (Phi) is 11.0. The Morgan fingerprint density at radius 2 is 1.43 bits per heavy atom. The molecule has 37 heavy (non-hydrogen) atoms. The predicted octanol–water partition coefficient (Wildman–Crippen LogP) is 9.32. The van der Waals surface area contributed by atoms with Crippen molar-refractivity contribution in [3.63, 3.8) is 0 Å². The van der Waals surface area contributed by atoms with Gasteiger partial charge in [0.1, 0.15) is 0 Å². The quantitative estimate of drug-likeness (QED) is 0.282. The third-order valence-corrected chi connectivity index (χ3v) is 9.28. The first-order valence-corrected chi connectivity index (χ1v) is 14.6. The second kappa shape index (κ2) is 14.4. The highest BCUT2D eigenvalue weighted by molar-refractivity contribution is 5.84. The lowest BCUT2D eigenvalue weighted by molar-refractivity contribution is 0.0411. The van der Waals surface area contributed by atoms with Gasteiger partial charge in [0.15, 0.2) is 0 Å². The molecular formula is C33H46F2O2. The molecule has 0 bridgehead atoms. The minimum Gasteiger partial charge on any atom is -0.384 e. The molecule has 0 heterocycles. The van der Waals surface area contributed by atoms with Crippen molar-refractivity contribution >= 4 is 10.8 Å². The molecule has 0 spiro atoms. The lowest BCUT2D eigenvalue weighted by atomic mass is 9.74. The predicted molar refractivity (Wildman–Crippen MR) is 149 cm³/mol. The van der Waals surface area contributed by atoms with Gasteiger partial charge < -0.3 is 9.47 Å². The Hall–Kier alpha value is -1.78. The molecular weight excluding hydrogens is 466 g/mol. The van der Waals surface area contributed by atoms with E-state index < -0.39 is 6.08 Å². The van der Waals surface area contributed by atoms with Gasteiger partial charge in [0, 0.05) is 20.1 Å². The summed E-state index contributed by atoms with van der Waals surface area (Å²) >= 11 is 0. The minimum absolute atomic E-state index is 0.511. The van der Waals surface area contributed by atoms with Crippen LogP contribution < -0.4 is 0 Å². The second-order valence-electron chi connectivity index (χ2n) is 11.7. The lowest BCUT2D eigenvalue weighted by Gasteiger charge is -2.33. The van der Waals surface area contributed by atoms with Crippen LogP contribution in [0.15, 0.2) is 48.6 Å². The van der Waals surface area contributed by atoms with Gasteiger partial charge >= 0.3 is 0 Å². The number of benzene rings is 2. The topological polar surface area (TPSA) is 18.5 Å². The van der Waals surface area contributed by atoms with Gasteiger partial charge in [-0.1, -0.05) is 62.1 Å². The van der Waals surface area contributed by atoms with Crippen LogP contribution in [0.1, 0.15) is 87.7 Å². The highest BCUT2D eigenvalue weighted by atomic mass is 19.3. The van der Waals surface area contributed by atoms with Crippen molar-refractivity contribution in [1.29, 1.82) is 0 Å². The molecule has 2 aromatic carbocycles. The molecule has 0 saturated heterocycles. The summed E-state index contributed by atoms with van der Waals surface area (Å²) in [6.45, 7) is 1.59. The Morgan fingerprint density at radius 3 is 2.08 bits per heavy atom. The molecule has 2 nitrogen and oxygen atoms in total. The summed E-state index contributed by atoms with van der Waals surface area (Å²) in [6, 6.07) is 14.2. The van der Waals surface area contributed by atoms with Crippen molar-refractivity contribution in [2.75, 3.05) is 27.4 Å². The van der Waals surface area contributed by atoms with Crippen molar-refractivity contribution in [2.24, 2.45) is 23.7 Å². The average molecular weight is 513 g/mol. The van der Waals surface area contributed by atoms with Crippen molar-refractivity contribution < 1.29 is 18.3 Å². The molecule has 4 heteroatoms. The molecule has 2 fully saturated rings. The monoisotopic (exact) mass is 512 g/mol. The zero-order valence-corrected chi connectivity index (χ0v) is 22.9. The van der Waals surface area contributed by atoms with Gasteiger partial charge in [-0.05, 0) is 103 Å². The third-order valence-electron chi connectivity index (χ3n) is 9.28. The first-order chi connectivity index (χ1) is 18.1. The minimum atomic E-state index is -1.53. The Labute approximate surface area is 222 Å². The second-order valence-corrected chi connectivity index (χ2v) is 11.7. The maximum Gasteiger partial charge on any atom is 0.266 e. The van der Waals surface area contributed by atoms with Crippen LogP contribution in [0.5, 0.6) is 0 Å². The average Bonchev–Trinajstić information content (AvgIpc) is 2.92. The van der Waals surface area contributed by atoms with Crippen LogP contribution in [0.3, 0.4) is 0 Å². The molecule has 2 aliphatic rings. The normalized spacial score (nSPS) is 24.5. The highest BCUT2D eigenvalue weighted by Crippen LogP contribution is 2.40. The van der Waals surface area contributed by atoms with Crippen molar-refractivity contribution in [2.45, 2.75) is 83.0 Å². The summed E-state index contributed by atoms with van der Waals surface area (Å²) in [6.07, 6.45) is 13.3. The Bertz CT molecular complexity index is 977. The highest BCUT2D eigenvalue weighted by Gasteiger charge is 2.28. The van der Waals surface area contributed by atoms with Crippen LogP contribution in [0.4, 0.5) is 8.78 Å². The van der Waals surface area contributed by atoms with E-state index in [1.54, 1.807) is 14.2 Å². The smallest absolute Gasteiger partial charge is 0.266 e. The molecule has 0 aromatic heterocycles. The summed E-state index contributed by atoms with van der Waals surface area (Å²) in [5.41, 5.74) is 2.93. The van der Waals surface area contributed by atoms with E-state index in [0.29, 0.717) is 30.1 Å². The van der Waals surface area contributed by atoms with E-state index in [1.807, 2.05) is 0 Å². The lowest BCUT2D eigenvalue weighted by Crippen LogP contribution is -2.27. The summed E-state index contributed by atoms with van der Waals surface area (Å²) < 4.78 is 35.4. The SMILES string of the molecule is COCC(COC)C1CCC(c2ccc3cc(CCC4CCC(CCC=C(F)F)CC4)ccc3c2)CC1. The van der Waals surface area contributed by atoms with Gasteiger partial charge in [-0.15, -0.1) is 0 Å². The van der Waals surface area contributed by atoms with Gasteiger partial charge in [-0.25, -0.2) is 0 Å². The molecule has 2 aromatic rings. The number of hydrogen-bond acceptors (Lipinski definition) is 2. The summed E-state index contributed by atoms with van der Waals surface area (Å²) in [5, 5.41) is 2.71. The van der Waals surface area contributed by atoms with Gasteiger partial charge in [-0.2, -0.15) is 8.78 Å². The fourth-order valence-corrected chi connectivity index (χ4v) is 7.00. The van der Waals surface area contributed by atoms with Crippen molar-refractivity contribution in [3.8, 4) is 0 Å². The molecule has 0 N–H and O–H groups in total. The van der Waals surface area contributed by atoms with Gasteiger partial charge in [0.2, 0.25) is 0 Å². The van der Waals surface area contributed by atoms with E-state index >= 15 is 0 Å². The van der Waals surface area contributed by atoms with E-state index in [9.17, 15) is 8.78 Å². The number of allylic oxidation sites excluding steroid dienone is 1. The zero-order valence-electron chi connectivity index (χ0n) is 22.9. The van der Waals surface area contributed by atoms with Crippen LogP contribution >= 0.6 is 0 Å². The number of ether oxygens (including phenoxy) is 2. The zero-order chi connectivity index (χ0) is 26.0. The van der Waals surface area contributed by atoms with E-state index in [4.69, 9.17) is 9.47 Å². The van der Waals surface area contributed by atoms with Crippen molar-refractivity contribution in [1.82, 2.24) is 0 Å². The molecule has 0 unspecified atom stereocenters. The molecule has 0 radical (unpaired) electrons. The number of aryl methyl sites for hydroxylation is 1. The van der Waals surface area contributed by atoms with Gasteiger partial charge in [-0.3, -0.25) is 0 Å². The number of rotatable bonds is 12. The Morgan fingerprint density at radius 1 is 0.811 bits per heavy atom. The number of fused-ring (bicyclic) bond motifs is 1. The molecule has 0 amide bonds. The number of halogens is 2. The van der Waals surface area contributed by atoms with Crippen LogP contribution in [0.25, 0.3) is 10.8 Å². The number of hydrogen-bond donors (Lipinski definition) is 0. The first kappa shape index (κ1) is 28.2. The molecule has 2 saturated carbocycles. The maximum atomic E-state index is 12.2. The van der Waals surface area contributed by atoms with Crippen LogP contribution in [0.2, 0.25) is 0 Å². The van der Waals surface area contributed by atoms with Crippen LogP contribution in [-0.2, 0) is 15.9 Å². The third kappa shape index (κ3) is 8.35. The van der Waals surface area contributed by atoms with E-state index in [0.717, 1.165) is 38.0 Å². The molecule has 4 rings (SSSR count). The van der Waals surface area contributed by atoms with E-state index in [1.165, 1.54) is 79.7 Å². The summed E-state index contributed by atoms with van der Waals surface area (Å²) in [4.78, 5) is 0. The van der Waals surface area contributed by atoms with Gasteiger partial charge in [0.25, 0.3) is 6.08 Å². The molecule has 0 aliphatic heterocycles. The summed E-state index contributed by atoms with van der Waals surface area (Å²) in [7, 11) is 3.59. The fraction of sp³-hybridized carbons (Fsp3) is 0.636. The van der Waals surface area contributed by atoms with Crippen molar-refractivity contribution in [3.05, 3.63) is 59.7 Å².